The average molecular weight is 729 g/mol. The van der Waals surface area contributed by atoms with E-state index in [4.69, 9.17) is 21.7 Å². The van der Waals surface area contributed by atoms with Crippen LogP contribution in [0.1, 0.15) is 7.43 Å². The first-order chi connectivity index (χ1) is 20.2. The number of thiophene rings is 1. The number of fused-ring (bicyclic) bond motifs is 3. The Morgan fingerprint density at radius 1 is 0.587 bits per heavy atom. The maximum Gasteiger partial charge on any atom is 1.00 e. The fraction of sp³-hybridized carbons (Fsp3) is 0.143. The van der Waals surface area contributed by atoms with Gasteiger partial charge in [0.1, 0.15) is 10.5 Å². The minimum Gasteiger partial charge on any atom is -0.766 e. The standard InChI is InChI=1S/C13H8F3S.C12H10.CHF3O3S.CHF3O2S.CH4.Na/c14-13(15,16)17-11-7-3-1-5-9(11)10-6-2-4-8-12(10)17;1-3-7-11(8-4-1)12-9-5-2-6-10-12;2-1(3,4)8(5,6)7;2-1(3,4)7(5)6;;/h1-8H;1-10H;(H,5,6,7);(H,5,6);1H4;/q+1;;;;;+1/p-2. The molecule has 18 heteroatoms. The number of benzene rings is 4. The second kappa shape index (κ2) is 18.1. The molecular weight excluding hydrogens is 706 g/mol. The van der Waals surface area contributed by atoms with Crippen molar-refractivity contribution >= 4 is 51.8 Å². The molecule has 0 aliphatic heterocycles. The summed E-state index contributed by atoms with van der Waals surface area (Å²) in [7, 11) is -7.88. The van der Waals surface area contributed by atoms with Crippen molar-refractivity contribution in [2.24, 2.45) is 0 Å². The molecule has 0 N–H and O–H groups in total. The minimum atomic E-state index is -6.09. The van der Waals surface area contributed by atoms with Crippen molar-refractivity contribution in [2.45, 2.75) is 24.0 Å². The van der Waals surface area contributed by atoms with Crippen molar-refractivity contribution in [1.82, 2.24) is 0 Å². The number of hydrogen-bond donors (Lipinski definition) is 0. The number of alkyl halides is 9. The Morgan fingerprint density at radius 3 is 1.09 bits per heavy atom. The molecule has 0 aliphatic rings. The predicted molar refractivity (Wildman–Crippen MR) is 155 cm³/mol. The van der Waals surface area contributed by atoms with Crippen LogP contribution >= 0.6 is 10.5 Å². The molecule has 0 bridgehead atoms. The van der Waals surface area contributed by atoms with E-state index < -0.39 is 48.2 Å². The van der Waals surface area contributed by atoms with Gasteiger partial charge in [0.2, 0.25) is 0 Å². The predicted octanol–water partition coefficient (Wildman–Crippen LogP) is 6.65. The fourth-order valence-electron chi connectivity index (χ4n) is 3.36. The molecule has 0 fully saturated rings. The van der Waals surface area contributed by atoms with Crippen LogP contribution in [0.15, 0.2) is 109 Å². The monoisotopic (exact) mass is 728 g/mol. The number of hydrogen-bond acceptors (Lipinski definition) is 5. The van der Waals surface area contributed by atoms with Crippen molar-refractivity contribution in [3.63, 3.8) is 0 Å². The molecule has 0 radical (unpaired) electrons. The van der Waals surface area contributed by atoms with Gasteiger partial charge in [0.25, 0.3) is 0 Å². The van der Waals surface area contributed by atoms with Crippen LogP contribution in [0.2, 0.25) is 0 Å². The Balaban J connectivity index is 0.000000619. The van der Waals surface area contributed by atoms with E-state index in [1.165, 1.54) is 11.1 Å². The molecule has 0 spiro atoms. The van der Waals surface area contributed by atoms with Crippen LogP contribution in [0.4, 0.5) is 39.5 Å². The molecule has 0 saturated heterocycles. The third kappa shape index (κ3) is 12.9. The number of rotatable bonds is 1. The molecule has 5 nitrogen and oxygen atoms in total. The first-order valence-corrected chi connectivity index (χ1v) is 15.2. The van der Waals surface area contributed by atoms with E-state index in [9.17, 15) is 39.5 Å². The topological polar surface area (TPSA) is 97.3 Å². The second-order valence-electron chi connectivity index (χ2n) is 8.06. The van der Waals surface area contributed by atoms with Gasteiger partial charge >= 0.3 is 46.1 Å². The molecule has 1 atom stereocenters. The summed E-state index contributed by atoms with van der Waals surface area (Å²) in [5, 5.41) is 1.42. The van der Waals surface area contributed by atoms with Crippen molar-refractivity contribution in [1.29, 1.82) is 0 Å². The molecule has 0 saturated carbocycles. The van der Waals surface area contributed by atoms with E-state index in [-0.39, 0.29) is 37.0 Å². The smallest absolute Gasteiger partial charge is 0.766 e. The van der Waals surface area contributed by atoms with E-state index in [1.54, 1.807) is 48.5 Å². The van der Waals surface area contributed by atoms with Gasteiger partial charge in [-0.3, -0.25) is 4.21 Å². The zero-order valence-corrected chi connectivity index (χ0v) is 27.0. The summed E-state index contributed by atoms with van der Waals surface area (Å²) in [6, 6.07) is 34.3. The molecule has 1 aromatic heterocycles. The van der Waals surface area contributed by atoms with E-state index >= 15 is 0 Å². The molecule has 5 rings (SSSR count). The van der Waals surface area contributed by atoms with Crippen LogP contribution in [0, 0.1) is 0 Å². The summed E-state index contributed by atoms with van der Waals surface area (Å²) in [6.45, 7) is 0. The summed E-state index contributed by atoms with van der Waals surface area (Å²) in [4.78, 5) is 0. The molecule has 4 aromatic carbocycles. The summed E-state index contributed by atoms with van der Waals surface area (Å²) in [6.07, 6.45) is 0. The van der Waals surface area contributed by atoms with Crippen molar-refractivity contribution in [3.05, 3.63) is 109 Å². The third-order valence-electron chi connectivity index (χ3n) is 5.09. The first kappa shape index (κ1) is 43.5. The summed E-state index contributed by atoms with van der Waals surface area (Å²) in [5.41, 5.74) is -12.4. The van der Waals surface area contributed by atoms with Gasteiger partial charge in [-0.2, -0.15) is 26.3 Å². The van der Waals surface area contributed by atoms with Gasteiger partial charge in [-0.05, 0) is 35.4 Å². The second-order valence-corrected chi connectivity index (χ2v) is 12.3. The zero-order valence-electron chi connectivity index (χ0n) is 22.6. The Morgan fingerprint density at radius 2 is 0.848 bits per heavy atom. The molecule has 0 amide bonds. The van der Waals surface area contributed by atoms with Gasteiger partial charge in [0.05, 0.1) is 11.1 Å². The third-order valence-corrected chi connectivity index (χ3v) is 8.09. The summed E-state index contributed by atoms with van der Waals surface area (Å²) in [5.74, 6) is 0. The van der Waals surface area contributed by atoms with Crippen LogP contribution in [0.25, 0.3) is 31.3 Å². The van der Waals surface area contributed by atoms with Gasteiger partial charge in [-0.25, -0.2) is 8.42 Å². The van der Waals surface area contributed by atoms with Gasteiger partial charge in [-0.15, -0.1) is 13.2 Å². The van der Waals surface area contributed by atoms with Crippen LogP contribution in [-0.2, 0) is 26.7 Å². The van der Waals surface area contributed by atoms with Gasteiger partial charge < -0.3 is 9.11 Å². The first-order valence-electron chi connectivity index (χ1n) is 11.5. The minimum absolute atomic E-state index is 0. The molecule has 1 heterocycles. The zero-order chi connectivity index (χ0) is 33.3. The Kier molecular flexibility index (Phi) is 17.2. The van der Waals surface area contributed by atoms with Gasteiger partial charge in [-0.1, -0.05) is 92.4 Å². The van der Waals surface area contributed by atoms with Crippen molar-refractivity contribution < 1.29 is 90.8 Å². The van der Waals surface area contributed by atoms with E-state index in [0.29, 0.717) is 20.2 Å². The largest absolute Gasteiger partial charge is 1.00 e. The average Bonchev–Trinajstić information content (AvgIpc) is 3.29. The molecule has 0 aliphatic carbocycles. The van der Waals surface area contributed by atoms with E-state index in [1.807, 2.05) is 12.1 Å². The van der Waals surface area contributed by atoms with Crippen molar-refractivity contribution in [2.75, 3.05) is 0 Å². The summed E-state index contributed by atoms with van der Waals surface area (Å²) >= 11 is -3.93. The fourth-order valence-corrected chi connectivity index (χ4v) is 5.32. The van der Waals surface area contributed by atoms with Crippen LogP contribution < -0.4 is 29.6 Å². The molecule has 246 valence electrons. The van der Waals surface area contributed by atoms with Gasteiger partial charge in [0.15, 0.2) is 19.5 Å². The SMILES string of the molecule is C.FC(F)(F)[s+]1c2ccccc2c2ccccc21.O=S(=O)([O-])C(F)(F)F.O=S([O-])C(F)(F)F.[Na+].c1ccc(-c2ccccc2)cc1. The number of halogens is 9. The molecule has 46 heavy (non-hydrogen) atoms. The molecule has 1 unspecified atom stereocenters. The van der Waals surface area contributed by atoms with Crippen LogP contribution in [0.5, 0.6) is 0 Å². The maximum atomic E-state index is 13.1. The molecular formula is C28H22F9NaO5S3. The van der Waals surface area contributed by atoms with Crippen molar-refractivity contribution in [3.8, 4) is 11.1 Å². The van der Waals surface area contributed by atoms with Crippen LogP contribution in [0.3, 0.4) is 0 Å². The normalized spacial score (nSPS) is 12.1. The van der Waals surface area contributed by atoms with E-state index in [0.717, 1.165) is 0 Å². The Bertz CT molecular complexity index is 1690. The Labute approximate surface area is 285 Å². The maximum absolute atomic E-state index is 13.1. The summed E-state index contributed by atoms with van der Waals surface area (Å²) < 4.78 is 149. The molecule has 5 aromatic rings. The van der Waals surface area contributed by atoms with Gasteiger partial charge in [0, 0.05) is 10.8 Å². The van der Waals surface area contributed by atoms with E-state index in [2.05, 4.69) is 48.5 Å². The quantitative estimate of drug-likeness (QED) is 0.0481. The van der Waals surface area contributed by atoms with Crippen LogP contribution in [-0.4, -0.2) is 32.7 Å². The Hall–Kier alpha value is -2.51.